The van der Waals surface area contributed by atoms with E-state index < -0.39 is 17.6 Å². The maximum absolute atomic E-state index is 3.81. The van der Waals surface area contributed by atoms with Gasteiger partial charge in [0, 0.05) is 5.57 Å². The molecule has 106 valence electrons. The van der Waals surface area contributed by atoms with Gasteiger partial charge in [0.2, 0.25) is 0 Å². The van der Waals surface area contributed by atoms with Crippen molar-refractivity contribution in [1.82, 2.24) is 0 Å². The molecule has 2 heteroatoms. The molecule has 21 heavy (non-hydrogen) atoms. The van der Waals surface area contributed by atoms with Gasteiger partial charge in [0.1, 0.15) is 0 Å². The molecule has 0 spiro atoms. The summed E-state index contributed by atoms with van der Waals surface area (Å²) in [5.74, 6) is 0. The molecule has 0 aliphatic rings. The summed E-state index contributed by atoms with van der Waals surface area (Å²) in [5.41, 5.74) is 7.56. The average Bonchev–Trinajstić information content (AvgIpc) is 2.49. The van der Waals surface area contributed by atoms with Crippen molar-refractivity contribution in [2.24, 2.45) is 0 Å². The van der Waals surface area contributed by atoms with E-state index in [4.69, 9.17) is 0 Å². The Balaban J connectivity index is 2.70. The van der Waals surface area contributed by atoms with E-state index in [9.17, 15) is 0 Å². The molecule has 0 N–H and O–H groups in total. The second-order valence-corrected chi connectivity index (χ2v) is 11.1. The monoisotopic (exact) mass is 306 g/mol. The van der Waals surface area contributed by atoms with Crippen molar-refractivity contribution in [2.75, 3.05) is 0 Å². The lowest BCUT2D eigenvalue weighted by atomic mass is 9.99. The second-order valence-electron chi connectivity index (χ2n) is 5.61. The highest BCUT2D eigenvalue weighted by atomic mass is 28.3. The Bertz CT molecular complexity index is 582. The van der Waals surface area contributed by atoms with E-state index in [0.717, 1.165) is 0 Å². The Kier molecular flexibility index (Phi) is 5.57. The van der Waals surface area contributed by atoms with E-state index in [-0.39, 0.29) is 0 Å². The van der Waals surface area contributed by atoms with Gasteiger partial charge in [-0.2, -0.15) is 0 Å². The van der Waals surface area contributed by atoms with Crippen LogP contribution in [-0.4, -0.2) is 17.6 Å². The molecule has 0 unspecified atom stereocenters. The Morgan fingerprint density at radius 1 is 0.667 bits per heavy atom. The summed E-state index contributed by atoms with van der Waals surface area (Å²) in [4.78, 5) is 1.58. The van der Waals surface area contributed by atoms with E-state index in [1.165, 1.54) is 16.7 Å². The number of benzene rings is 2. The average molecular weight is 307 g/mol. The summed E-state index contributed by atoms with van der Waals surface area (Å²) in [5, 5.41) is 0. The maximum Gasteiger partial charge on any atom is 0.0784 e. The topological polar surface area (TPSA) is 0 Å². The number of hydrogen-bond acceptors (Lipinski definition) is 0. The molecule has 2 rings (SSSR count). The summed E-state index contributed by atoms with van der Waals surface area (Å²) in [6.45, 7) is 9.49. The van der Waals surface area contributed by atoms with Crippen molar-refractivity contribution in [2.45, 2.75) is 26.2 Å². The highest BCUT2D eigenvalue weighted by Crippen LogP contribution is 2.23. The zero-order chi connectivity index (χ0) is 15.2. The molecule has 2 aromatic carbocycles. The van der Waals surface area contributed by atoms with Crippen molar-refractivity contribution >= 4 is 23.2 Å². The molecular weight excluding hydrogens is 284 g/mol. The standard InChI is InChI=1S/C19H22Si2/c1-20(2)19(21(3)4)15-18(16-11-7-5-8-12-16)17-13-9-6-10-14-17/h5-14H,1-4H3. The molecule has 0 fully saturated rings. The first kappa shape index (κ1) is 15.8. The second kappa shape index (κ2) is 7.42. The van der Waals surface area contributed by atoms with Crippen molar-refractivity contribution < 1.29 is 0 Å². The van der Waals surface area contributed by atoms with E-state index in [0.29, 0.717) is 0 Å². The lowest BCUT2D eigenvalue weighted by Crippen LogP contribution is -2.18. The molecule has 0 amide bonds. The zero-order valence-electron chi connectivity index (χ0n) is 13.3. The maximum atomic E-state index is 3.81. The van der Waals surface area contributed by atoms with Gasteiger partial charge in [-0.05, 0) is 11.1 Å². The number of hydrogen-bond donors (Lipinski definition) is 0. The van der Waals surface area contributed by atoms with Crippen LogP contribution in [0.25, 0.3) is 5.57 Å². The molecule has 0 bridgehead atoms. The molecule has 0 nitrogen and oxygen atoms in total. The Morgan fingerprint density at radius 2 is 1.05 bits per heavy atom. The Labute approximate surface area is 132 Å². The fourth-order valence-corrected chi connectivity index (χ4v) is 7.15. The smallest absolute Gasteiger partial charge is 0.0784 e. The van der Waals surface area contributed by atoms with Crippen LogP contribution in [0.1, 0.15) is 11.1 Å². The van der Waals surface area contributed by atoms with Crippen LogP contribution in [0, 0.1) is 0 Å². The lowest BCUT2D eigenvalue weighted by Gasteiger charge is -2.12. The summed E-state index contributed by atoms with van der Waals surface area (Å²) in [6, 6.07) is 21.3. The van der Waals surface area contributed by atoms with Gasteiger partial charge in [0.25, 0.3) is 0 Å². The van der Waals surface area contributed by atoms with Crippen molar-refractivity contribution in [3.05, 3.63) is 82.3 Å². The zero-order valence-corrected chi connectivity index (χ0v) is 15.3. The first-order valence-corrected chi connectivity index (χ1v) is 12.3. The Morgan fingerprint density at radius 3 is 1.38 bits per heavy atom. The first-order chi connectivity index (χ1) is 10.1. The predicted molar refractivity (Wildman–Crippen MR) is 97.4 cm³/mol. The summed E-state index contributed by atoms with van der Waals surface area (Å²) >= 11 is 0. The third-order valence-corrected chi connectivity index (χ3v) is 8.62. The highest BCUT2D eigenvalue weighted by molar-refractivity contribution is 6.86. The van der Waals surface area contributed by atoms with E-state index in [1.54, 1.807) is 4.82 Å². The lowest BCUT2D eigenvalue weighted by molar-refractivity contribution is 1.55. The molecule has 2 aromatic rings. The quantitative estimate of drug-likeness (QED) is 0.536. The van der Waals surface area contributed by atoms with Crippen molar-refractivity contribution in [3.63, 3.8) is 0 Å². The molecule has 2 radical (unpaired) electrons. The highest BCUT2D eigenvalue weighted by Gasteiger charge is 2.12. The van der Waals surface area contributed by atoms with Gasteiger partial charge < -0.3 is 0 Å². The van der Waals surface area contributed by atoms with Crippen LogP contribution in [0.5, 0.6) is 0 Å². The minimum atomic E-state index is -0.452. The largest absolute Gasteiger partial charge is 0.122 e. The molecule has 0 saturated carbocycles. The fraction of sp³-hybridized carbons (Fsp3) is 0.211. The SMILES string of the molecule is C[Si](C)C(=C=C(c1ccccc1)c1ccccc1)[Si](C)C. The van der Waals surface area contributed by atoms with Gasteiger partial charge in [-0.15, -0.1) is 5.73 Å². The normalized spacial score (nSPS) is 10.6. The summed E-state index contributed by atoms with van der Waals surface area (Å²) < 4.78 is 0. The summed E-state index contributed by atoms with van der Waals surface area (Å²) in [7, 11) is -0.903. The minimum Gasteiger partial charge on any atom is -0.122 e. The van der Waals surface area contributed by atoms with E-state index >= 15 is 0 Å². The minimum absolute atomic E-state index is 0.452. The third kappa shape index (κ3) is 4.18. The third-order valence-electron chi connectivity index (χ3n) is 3.37. The van der Waals surface area contributed by atoms with Gasteiger partial charge >= 0.3 is 0 Å². The van der Waals surface area contributed by atoms with Crippen LogP contribution >= 0.6 is 0 Å². The van der Waals surface area contributed by atoms with Gasteiger partial charge in [-0.1, -0.05) is 91.7 Å². The molecular formula is C19H22Si2. The molecule has 0 atom stereocenters. The van der Waals surface area contributed by atoms with Crippen LogP contribution in [0.2, 0.25) is 26.2 Å². The van der Waals surface area contributed by atoms with Crippen LogP contribution in [0.3, 0.4) is 0 Å². The fourth-order valence-electron chi connectivity index (χ4n) is 2.40. The van der Waals surface area contributed by atoms with Crippen LogP contribution in [0.4, 0.5) is 0 Å². The van der Waals surface area contributed by atoms with Gasteiger partial charge in [-0.3, -0.25) is 0 Å². The van der Waals surface area contributed by atoms with E-state index in [2.05, 4.69) is 92.6 Å². The molecule has 0 aliphatic carbocycles. The molecule has 0 saturated heterocycles. The number of rotatable bonds is 4. The van der Waals surface area contributed by atoms with Crippen LogP contribution in [0.15, 0.2) is 71.2 Å². The van der Waals surface area contributed by atoms with Gasteiger partial charge in [0.05, 0.1) is 17.6 Å². The van der Waals surface area contributed by atoms with Gasteiger partial charge in [-0.25, -0.2) is 0 Å². The van der Waals surface area contributed by atoms with Crippen molar-refractivity contribution in [3.8, 4) is 0 Å². The predicted octanol–water partition coefficient (Wildman–Crippen LogP) is 5.23. The van der Waals surface area contributed by atoms with Gasteiger partial charge in [0.15, 0.2) is 0 Å². The molecule has 0 heterocycles. The van der Waals surface area contributed by atoms with E-state index in [1.807, 2.05) is 0 Å². The van der Waals surface area contributed by atoms with Crippen LogP contribution in [-0.2, 0) is 0 Å². The summed E-state index contributed by atoms with van der Waals surface area (Å²) in [6.07, 6.45) is 0. The first-order valence-electron chi connectivity index (χ1n) is 7.32. The molecule has 0 aromatic heterocycles. The molecule has 0 aliphatic heterocycles. The Hall–Kier alpha value is -1.61. The van der Waals surface area contributed by atoms with Crippen molar-refractivity contribution in [1.29, 1.82) is 0 Å². The van der Waals surface area contributed by atoms with Crippen LogP contribution < -0.4 is 0 Å².